The molecule has 0 amide bonds. The van der Waals surface area contributed by atoms with Crippen LogP contribution in [0.4, 0.5) is 0 Å². The minimum Gasteiger partial charge on any atom is -0.479 e. The van der Waals surface area contributed by atoms with Crippen LogP contribution in [0.5, 0.6) is 0 Å². The molecule has 0 spiro atoms. The van der Waals surface area contributed by atoms with Gasteiger partial charge in [0.25, 0.3) is 0 Å². The van der Waals surface area contributed by atoms with E-state index in [4.69, 9.17) is 9.84 Å². The van der Waals surface area contributed by atoms with Gasteiger partial charge < -0.3 is 9.84 Å². The predicted molar refractivity (Wildman–Crippen MR) is 36.5 cm³/mol. The van der Waals surface area contributed by atoms with Crippen molar-refractivity contribution < 1.29 is 14.6 Å². The number of hydrogen-bond acceptors (Lipinski definition) is 2. The molecule has 56 valence electrons. The van der Waals surface area contributed by atoms with Crippen LogP contribution in [0.3, 0.4) is 0 Å². The van der Waals surface area contributed by atoms with Gasteiger partial charge in [-0.15, -0.1) is 5.92 Å². The highest BCUT2D eigenvalue weighted by Crippen LogP contribution is 1.87. The van der Waals surface area contributed by atoms with Crippen molar-refractivity contribution in [1.29, 1.82) is 0 Å². The molecule has 0 aliphatic heterocycles. The first-order valence-corrected chi connectivity index (χ1v) is 2.92. The quantitative estimate of drug-likeness (QED) is 0.583. The second-order valence-corrected chi connectivity index (χ2v) is 1.72. The summed E-state index contributed by atoms with van der Waals surface area (Å²) in [5, 5.41) is 8.31. The molecule has 0 radical (unpaired) electrons. The lowest BCUT2D eigenvalue weighted by molar-refractivity contribution is -0.148. The summed E-state index contributed by atoms with van der Waals surface area (Å²) in [4.78, 5) is 10.1. The van der Waals surface area contributed by atoms with E-state index in [2.05, 4.69) is 11.8 Å². The van der Waals surface area contributed by atoms with Crippen molar-refractivity contribution in [2.75, 3.05) is 6.61 Å². The number of carboxylic acids is 1. The molecule has 0 aliphatic carbocycles. The molecule has 0 fully saturated rings. The average molecular weight is 142 g/mol. The summed E-state index contributed by atoms with van der Waals surface area (Å²) in [5.74, 6) is 4.23. The lowest BCUT2D eigenvalue weighted by Gasteiger charge is -2.02. The summed E-state index contributed by atoms with van der Waals surface area (Å²) in [6.45, 7) is 3.33. The van der Waals surface area contributed by atoms with E-state index in [1.165, 1.54) is 6.92 Å². The van der Waals surface area contributed by atoms with Gasteiger partial charge in [0.2, 0.25) is 0 Å². The maximum Gasteiger partial charge on any atom is 0.332 e. The SMILES string of the molecule is CC#CCO[C@@H](C)C(=O)O. The Balaban J connectivity index is 3.46. The third kappa shape index (κ3) is 3.93. The van der Waals surface area contributed by atoms with Crippen LogP contribution in [0.25, 0.3) is 0 Å². The molecular formula is C7H10O3. The van der Waals surface area contributed by atoms with E-state index >= 15 is 0 Å². The van der Waals surface area contributed by atoms with Crippen molar-refractivity contribution in [3.8, 4) is 11.8 Å². The van der Waals surface area contributed by atoms with Gasteiger partial charge in [0.05, 0.1) is 0 Å². The van der Waals surface area contributed by atoms with E-state index in [1.807, 2.05) is 0 Å². The topological polar surface area (TPSA) is 46.5 Å². The zero-order chi connectivity index (χ0) is 7.98. The second-order valence-electron chi connectivity index (χ2n) is 1.72. The molecule has 0 bridgehead atoms. The van der Waals surface area contributed by atoms with Gasteiger partial charge in [-0.05, 0) is 13.8 Å². The maximum atomic E-state index is 10.1. The van der Waals surface area contributed by atoms with Gasteiger partial charge in [0.1, 0.15) is 6.61 Å². The van der Waals surface area contributed by atoms with Crippen LogP contribution < -0.4 is 0 Å². The van der Waals surface area contributed by atoms with Crippen molar-refractivity contribution in [1.82, 2.24) is 0 Å². The molecule has 0 aromatic heterocycles. The third-order valence-corrected chi connectivity index (χ3v) is 0.930. The summed E-state index contributed by atoms with van der Waals surface area (Å²) in [5.41, 5.74) is 0. The van der Waals surface area contributed by atoms with Gasteiger partial charge >= 0.3 is 5.97 Å². The van der Waals surface area contributed by atoms with E-state index in [0.717, 1.165) is 0 Å². The highest BCUT2D eigenvalue weighted by atomic mass is 16.5. The van der Waals surface area contributed by atoms with Gasteiger partial charge in [-0.1, -0.05) is 5.92 Å². The number of hydrogen-bond donors (Lipinski definition) is 1. The van der Waals surface area contributed by atoms with Gasteiger partial charge in [-0.3, -0.25) is 0 Å². The zero-order valence-electron chi connectivity index (χ0n) is 6.05. The Morgan fingerprint density at radius 1 is 1.80 bits per heavy atom. The van der Waals surface area contributed by atoms with Crippen LogP contribution in [-0.2, 0) is 9.53 Å². The van der Waals surface area contributed by atoms with Gasteiger partial charge in [-0.2, -0.15) is 0 Å². The Kier molecular flexibility index (Phi) is 4.34. The van der Waals surface area contributed by atoms with Crippen molar-refractivity contribution >= 4 is 5.97 Å². The molecule has 1 N–H and O–H groups in total. The van der Waals surface area contributed by atoms with Crippen molar-refractivity contribution in [2.45, 2.75) is 20.0 Å². The van der Waals surface area contributed by atoms with Gasteiger partial charge in [-0.25, -0.2) is 4.79 Å². The summed E-state index contributed by atoms with van der Waals surface area (Å²) in [6.07, 6.45) is -0.763. The van der Waals surface area contributed by atoms with E-state index in [0.29, 0.717) is 0 Å². The standard InChI is InChI=1S/C7H10O3/c1-3-4-5-10-6(2)7(8)9/h6H,5H2,1-2H3,(H,8,9)/t6-/m0/s1. The van der Waals surface area contributed by atoms with E-state index in [1.54, 1.807) is 6.92 Å². The van der Waals surface area contributed by atoms with E-state index in [-0.39, 0.29) is 6.61 Å². The van der Waals surface area contributed by atoms with E-state index in [9.17, 15) is 4.79 Å². The van der Waals surface area contributed by atoms with Crippen molar-refractivity contribution in [3.05, 3.63) is 0 Å². The molecule has 0 aliphatic rings. The van der Waals surface area contributed by atoms with Crippen LogP contribution in [0.2, 0.25) is 0 Å². The van der Waals surface area contributed by atoms with Crippen LogP contribution in [0, 0.1) is 11.8 Å². The second kappa shape index (κ2) is 4.83. The van der Waals surface area contributed by atoms with Gasteiger partial charge in [0.15, 0.2) is 6.10 Å². The molecule has 10 heavy (non-hydrogen) atoms. The summed E-state index contributed by atoms with van der Waals surface area (Å²) < 4.78 is 4.77. The molecule has 0 unspecified atom stereocenters. The first kappa shape index (κ1) is 8.99. The smallest absolute Gasteiger partial charge is 0.332 e. The van der Waals surface area contributed by atoms with E-state index < -0.39 is 12.1 Å². The Morgan fingerprint density at radius 2 is 2.40 bits per heavy atom. The molecule has 1 atom stereocenters. The van der Waals surface area contributed by atoms with Gasteiger partial charge in [0, 0.05) is 0 Å². The van der Waals surface area contributed by atoms with Crippen LogP contribution in [-0.4, -0.2) is 23.8 Å². The average Bonchev–Trinajstić information content (AvgIpc) is 1.88. The van der Waals surface area contributed by atoms with Crippen molar-refractivity contribution in [3.63, 3.8) is 0 Å². The lowest BCUT2D eigenvalue weighted by atomic mass is 10.4. The molecule has 0 aromatic carbocycles. The first-order valence-electron chi connectivity index (χ1n) is 2.92. The number of rotatable bonds is 3. The van der Waals surface area contributed by atoms with Crippen molar-refractivity contribution in [2.24, 2.45) is 0 Å². The monoisotopic (exact) mass is 142 g/mol. The minimum atomic E-state index is -0.960. The molecule has 0 aromatic rings. The molecule has 0 saturated heterocycles. The molecular weight excluding hydrogens is 132 g/mol. The van der Waals surface area contributed by atoms with Crippen LogP contribution >= 0.6 is 0 Å². The maximum absolute atomic E-state index is 10.1. The Morgan fingerprint density at radius 3 is 2.80 bits per heavy atom. The Hall–Kier alpha value is -1.01. The third-order valence-electron chi connectivity index (χ3n) is 0.930. The highest BCUT2D eigenvalue weighted by Gasteiger charge is 2.08. The molecule has 0 saturated carbocycles. The fourth-order valence-corrected chi connectivity index (χ4v) is 0.310. The zero-order valence-corrected chi connectivity index (χ0v) is 6.05. The minimum absolute atomic E-state index is 0.184. The fraction of sp³-hybridized carbons (Fsp3) is 0.571. The Bertz CT molecular complexity index is 163. The number of ether oxygens (including phenoxy) is 1. The molecule has 0 heterocycles. The molecule has 3 nitrogen and oxygen atoms in total. The fourth-order valence-electron chi connectivity index (χ4n) is 0.310. The Labute approximate surface area is 60.0 Å². The summed E-state index contributed by atoms with van der Waals surface area (Å²) in [6, 6.07) is 0. The normalized spacial score (nSPS) is 11.4. The number of carbonyl (C=O) groups is 1. The number of aliphatic carboxylic acids is 1. The lowest BCUT2D eigenvalue weighted by Crippen LogP contribution is -2.19. The van der Waals surface area contributed by atoms with Crippen LogP contribution in [0.1, 0.15) is 13.8 Å². The summed E-state index contributed by atoms with van der Waals surface area (Å²) in [7, 11) is 0. The number of carboxylic acid groups (broad SMARTS) is 1. The highest BCUT2D eigenvalue weighted by molar-refractivity contribution is 5.71. The predicted octanol–water partition coefficient (Wildman–Crippen LogP) is 0.499. The summed E-state index contributed by atoms with van der Waals surface area (Å²) >= 11 is 0. The molecule has 0 rings (SSSR count). The molecule has 3 heteroatoms. The van der Waals surface area contributed by atoms with Crippen LogP contribution in [0.15, 0.2) is 0 Å². The first-order chi connectivity index (χ1) is 4.68. The largest absolute Gasteiger partial charge is 0.479 e.